The van der Waals surface area contributed by atoms with Gasteiger partial charge in [-0.05, 0) is 42.7 Å². The van der Waals surface area contributed by atoms with Crippen LogP contribution in [-0.2, 0) is 21.4 Å². The molecule has 170 valence electrons. The standard InChI is InChI=1S/C21H23FN4O4S2/c1-26(13-19-23-16-9-5-3-7-14(16)20(27)24-19)21(28)17(11-12-31-2)25-32(29,30)18-10-6-4-8-15(18)22/h3-10,17,25H,11-13H2,1-2H3,(H,23,24,27)/t17-/m0/s1. The van der Waals surface area contributed by atoms with E-state index >= 15 is 0 Å². The molecule has 3 aromatic rings. The fourth-order valence-electron chi connectivity index (χ4n) is 3.16. The molecule has 0 unspecified atom stereocenters. The molecule has 1 atom stereocenters. The van der Waals surface area contributed by atoms with Crippen molar-refractivity contribution in [1.29, 1.82) is 0 Å². The Hall–Kier alpha value is -2.76. The third-order valence-corrected chi connectivity index (χ3v) is 6.91. The number of nitrogens with one attached hydrogen (secondary N) is 2. The molecule has 0 aliphatic carbocycles. The highest BCUT2D eigenvalue weighted by molar-refractivity contribution is 7.98. The van der Waals surface area contributed by atoms with Crippen molar-refractivity contribution in [2.75, 3.05) is 19.1 Å². The zero-order chi connectivity index (χ0) is 23.3. The number of halogens is 1. The van der Waals surface area contributed by atoms with E-state index in [4.69, 9.17) is 0 Å². The van der Waals surface area contributed by atoms with Crippen LogP contribution in [0.4, 0.5) is 4.39 Å². The molecular formula is C21H23FN4O4S2. The van der Waals surface area contributed by atoms with Crippen LogP contribution < -0.4 is 10.3 Å². The van der Waals surface area contributed by atoms with Crippen LogP contribution in [0.3, 0.4) is 0 Å². The first-order valence-corrected chi connectivity index (χ1v) is 12.6. The van der Waals surface area contributed by atoms with Crippen LogP contribution in [0.1, 0.15) is 12.2 Å². The molecule has 0 spiro atoms. The average Bonchev–Trinajstić information content (AvgIpc) is 2.76. The van der Waals surface area contributed by atoms with Gasteiger partial charge >= 0.3 is 0 Å². The van der Waals surface area contributed by atoms with Gasteiger partial charge in [-0.25, -0.2) is 17.8 Å². The van der Waals surface area contributed by atoms with Gasteiger partial charge in [0.25, 0.3) is 5.56 Å². The van der Waals surface area contributed by atoms with Crippen molar-refractivity contribution in [3.8, 4) is 0 Å². The molecule has 1 aromatic heterocycles. The van der Waals surface area contributed by atoms with E-state index in [2.05, 4.69) is 14.7 Å². The van der Waals surface area contributed by atoms with Crippen LogP contribution in [0.15, 0.2) is 58.2 Å². The number of H-pyrrole nitrogens is 1. The molecule has 1 heterocycles. The molecule has 0 fully saturated rings. The van der Waals surface area contributed by atoms with Crippen molar-refractivity contribution in [1.82, 2.24) is 19.6 Å². The van der Waals surface area contributed by atoms with Gasteiger partial charge in [0.15, 0.2) is 0 Å². The van der Waals surface area contributed by atoms with E-state index < -0.39 is 32.7 Å². The van der Waals surface area contributed by atoms with Crippen molar-refractivity contribution < 1.29 is 17.6 Å². The van der Waals surface area contributed by atoms with Crippen molar-refractivity contribution in [3.05, 3.63) is 70.5 Å². The predicted octanol–water partition coefficient (Wildman–Crippen LogP) is 2.12. The molecule has 8 nitrogen and oxygen atoms in total. The van der Waals surface area contributed by atoms with Gasteiger partial charge in [0.1, 0.15) is 22.6 Å². The van der Waals surface area contributed by atoms with Gasteiger partial charge < -0.3 is 9.88 Å². The Balaban J connectivity index is 1.82. The number of aromatic nitrogens is 2. The van der Waals surface area contributed by atoms with E-state index in [1.165, 1.54) is 35.8 Å². The first-order chi connectivity index (χ1) is 15.2. The zero-order valence-electron chi connectivity index (χ0n) is 17.5. The van der Waals surface area contributed by atoms with E-state index in [9.17, 15) is 22.4 Å². The summed E-state index contributed by atoms with van der Waals surface area (Å²) >= 11 is 1.45. The average molecular weight is 479 g/mol. The summed E-state index contributed by atoms with van der Waals surface area (Å²) in [4.78, 5) is 33.1. The largest absolute Gasteiger partial charge is 0.337 e. The van der Waals surface area contributed by atoms with E-state index in [0.29, 0.717) is 16.7 Å². The molecule has 0 saturated heterocycles. The number of sulfonamides is 1. The van der Waals surface area contributed by atoms with Crippen LogP contribution in [0.5, 0.6) is 0 Å². The van der Waals surface area contributed by atoms with Gasteiger partial charge in [0.05, 0.1) is 17.4 Å². The molecule has 2 aromatic carbocycles. The summed E-state index contributed by atoms with van der Waals surface area (Å²) in [5.74, 6) is -0.642. The van der Waals surface area contributed by atoms with E-state index in [1.807, 2.05) is 6.26 Å². The smallest absolute Gasteiger partial charge is 0.258 e. The summed E-state index contributed by atoms with van der Waals surface area (Å²) in [6, 6.07) is 10.7. The number of rotatable bonds is 9. The van der Waals surface area contributed by atoms with Crippen LogP contribution in [0.25, 0.3) is 10.9 Å². The zero-order valence-corrected chi connectivity index (χ0v) is 19.2. The summed E-state index contributed by atoms with van der Waals surface area (Å²) in [6.07, 6.45) is 2.04. The Morgan fingerprint density at radius 2 is 1.91 bits per heavy atom. The second-order valence-corrected chi connectivity index (χ2v) is 9.78. The van der Waals surface area contributed by atoms with Gasteiger partial charge in [-0.3, -0.25) is 9.59 Å². The van der Waals surface area contributed by atoms with Crippen LogP contribution in [0, 0.1) is 5.82 Å². The van der Waals surface area contributed by atoms with Gasteiger partial charge in [0, 0.05) is 7.05 Å². The minimum Gasteiger partial charge on any atom is -0.337 e. The normalized spacial score (nSPS) is 12.6. The van der Waals surface area contributed by atoms with Crippen molar-refractivity contribution >= 4 is 38.6 Å². The van der Waals surface area contributed by atoms with Gasteiger partial charge in [0.2, 0.25) is 15.9 Å². The molecule has 0 aliphatic rings. The Morgan fingerprint density at radius 1 is 1.22 bits per heavy atom. The van der Waals surface area contributed by atoms with Crippen LogP contribution >= 0.6 is 11.8 Å². The monoisotopic (exact) mass is 478 g/mol. The SMILES string of the molecule is CSCC[C@H](NS(=O)(=O)c1ccccc1F)C(=O)N(C)Cc1nc2ccccc2c(=O)[nH]1. The van der Waals surface area contributed by atoms with Crippen molar-refractivity contribution in [2.24, 2.45) is 0 Å². The van der Waals surface area contributed by atoms with E-state index in [-0.39, 0.29) is 24.3 Å². The fourth-order valence-corrected chi connectivity index (χ4v) is 4.93. The first kappa shape index (κ1) is 23.9. The Bertz CT molecular complexity index is 1280. The fraction of sp³-hybridized carbons (Fsp3) is 0.286. The molecule has 3 rings (SSSR count). The number of nitrogens with zero attached hydrogens (tertiary/aromatic N) is 2. The maximum absolute atomic E-state index is 14.0. The minimum absolute atomic E-state index is 0.0316. The third-order valence-electron chi connectivity index (χ3n) is 4.76. The molecule has 2 N–H and O–H groups in total. The highest BCUT2D eigenvalue weighted by atomic mass is 32.2. The lowest BCUT2D eigenvalue weighted by molar-refractivity contribution is -0.132. The predicted molar refractivity (Wildman–Crippen MR) is 122 cm³/mol. The van der Waals surface area contributed by atoms with E-state index in [0.717, 1.165) is 12.1 Å². The lowest BCUT2D eigenvalue weighted by Gasteiger charge is -2.24. The Labute approximate surface area is 189 Å². The summed E-state index contributed by atoms with van der Waals surface area (Å²) < 4.78 is 41.8. The minimum atomic E-state index is -4.26. The van der Waals surface area contributed by atoms with Gasteiger partial charge in [-0.1, -0.05) is 24.3 Å². The number of amides is 1. The Kier molecular flexibility index (Phi) is 7.64. The number of thioether (sulfide) groups is 1. The molecule has 0 saturated carbocycles. The molecule has 0 aliphatic heterocycles. The molecule has 11 heteroatoms. The second kappa shape index (κ2) is 10.2. The maximum Gasteiger partial charge on any atom is 0.258 e. The van der Waals surface area contributed by atoms with Crippen molar-refractivity contribution in [2.45, 2.75) is 23.9 Å². The second-order valence-electron chi connectivity index (χ2n) is 7.11. The molecule has 32 heavy (non-hydrogen) atoms. The number of para-hydroxylation sites is 1. The van der Waals surface area contributed by atoms with Crippen LogP contribution in [-0.4, -0.2) is 54.3 Å². The van der Waals surface area contributed by atoms with Crippen molar-refractivity contribution in [3.63, 3.8) is 0 Å². The number of fused-ring (bicyclic) bond motifs is 1. The highest BCUT2D eigenvalue weighted by Crippen LogP contribution is 2.16. The number of aromatic amines is 1. The topological polar surface area (TPSA) is 112 Å². The number of likely N-dealkylation sites (N-methyl/N-ethyl adjacent to an activating group) is 1. The quantitative estimate of drug-likeness (QED) is 0.487. The van der Waals surface area contributed by atoms with Gasteiger partial charge in [-0.15, -0.1) is 0 Å². The third kappa shape index (κ3) is 5.53. The number of hydrogen-bond donors (Lipinski definition) is 2. The molecule has 1 amide bonds. The summed E-state index contributed by atoms with van der Waals surface area (Å²) in [5.41, 5.74) is 0.164. The lowest BCUT2D eigenvalue weighted by Crippen LogP contribution is -2.47. The number of hydrogen-bond acceptors (Lipinski definition) is 6. The molecule has 0 radical (unpaired) electrons. The number of carbonyl (C=O) groups excluding carboxylic acids is 1. The van der Waals surface area contributed by atoms with Gasteiger partial charge in [-0.2, -0.15) is 16.5 Å². The summed E-state index contributed by atoms with van der Waals surface area (Å²) in [5, 5.41) is 0.431. The van der Waals surface area contributed by atoms with E-state index in [1.54, 1.807) is 24.3 Å². The maximum atomic E-state index is 14.0. The first-order valence-electron chi connectivity index (χ1n) is 9.71. The number of carbonyl (C=O) groups is 1. The molecular weight excluding hydrogens is 455 g/mol. The Morgan fingerprint density at radius 3 is 2.62 bits per heavy atom. The number of benzene rings is 2. The van der Waals surface area contributed by atoms with Crippen LogP contribution in [0.2, 0.25) is 0 Å². The lowest BCUT2D eigenvalue weighted by atomic mass is 10.2. The molecule has 0 bridgehead atoms. The highest BCUT2D eigenvalue weighted by Gasteiger charge is 2.29. The summed E-state index contributed by atoms with van der Waals surface area (Å²) in [6.45, 7) is -0.0316. The summed E-state index contributed by atoms with van der Waals surface area (Å²) in [7, 11) is -2.78.